The van der Waals surface area contributed by atoms with Crippen LogP contribution < -0.4 is 0 Å². The molecule has 0 aromatic carbocycles. The minimum absolute atomic E-state index is 0.0947. The fourth-order valence-electron chi connectivity index (χ4n) is 1.55. The summed E-state index contributed by atoms with van der Waals surface area (Å²) in [5.41, 5.74) is 0. The second-order valence-electron chi connectivity index (χ2n) is 7.09. The average molecular weight is 349 g/mol. The molecule has 1 aromatic rings. The van der Waals surface area contributed by atoms with Gasteiger partial charge in [0.2, 0.25) is 0 Å². The van der Waals surface area contributed by atoms with Gasteiger partial charge in [-0.05, 0) is 25.1 Å². The van der Waals surface area contributed by atoms with Crippen LogP contribution in [0, 0.1) is 5.82 Å². The summed E-state index contributed by atoms with van der Waals surface area (Å²) in [7, 11) is -5.60. The fourth-order valence-corrected chi connectivity index (χ4v) is 3.57. The molecule has 0 saturated carbocycles. The van der Waals surface area contributed by atoms with Crippen LogP contribution in [0.1, 0.15) is 39.6 Å². The standard InChI is InChI=1S/C14H25FN2O3SSi/c1-10(21(5,18)19)12(13-16-8-11(15)9-17-13)20-22(6,7)14(2,3)4/h8-10,12H,1-7H3/t10-,12-/m0/s1. The minimum atomic E-state index is -3.35. The molecule has 0 aliphatic heterocycles. The SMILES string of the molecule is C[C@@H]([C@H](O[Si](C)(C)C(C)(C)C)c1ncc(F)cn1)S(C)(=O)=O. The highest BCUT2D eigenvalue weighted by atomic mass is 32.2. The number of aromatic nitrogens is 2. The summed E-state index contributed by atoms with van der Waals surface area (Å²) in [6, 6.07) is 0. The number of nitrogens with zero attached hydrogens (tertiary/aromatic N) is 2. The average Bonchev–Trinajstić information content (AvgIpc) is 2.34. The maximum absolute atomic E-state index is 13.0. The molecular formula is C14H25FN2O3SSi. The number of sulfone groups is 1. The summed E-state index contributed by atoms with van der Waals surface area (Å²) in [6.07, 6.45) is 2.40. The molecule has 0 saturated heterocycles. The Balaban J connectivity index is 3.27. The van der Waals surface area contributed by atoms with Crippen molar-refractivity contribution < 1.29 is 17.2 Å². The zero-order chi connectivity index (χ0) is 17.3. The summed E-state index contributed by atoms with van der Waals surface area (Å²) in [5, 5.41) is -0.908. The van der Waals surface area contributed by atoms with Crippen LogP contribution in [-0.2, 0) is 14.3 Å². The van der Waals surface area contributed by atoms with E-state index in [1.165, 1.54) is 0 Å². The van der Waals surface area contributed by atoms with Crippen molar-refractivity contribution in [2.24, 2.45) is 0 Å². The van der Waals surface area contributed by atoms with Crippen molar-refractivity contribution >= 4 is 18.2 Å². The van der Waals surface area contributed by atoms with Gasteiger partial charge in [0, 0.05) is 6.26 Å². The number of rotatable bonds is 5. The molecule has 0 bridgehead atoms. The van der Waals surface area contributed by atoms with E-state index >= 15 is 0 Å². The van der Waals surface area contributed by atoms with Gasteiger partial charge in [-0.3, -0.25) is 0 Å². The van der Waals surface area contributed by atoms with E-state index in [1.807, 2.05) is 13.1 Å². The lowest BCUT2D eigenvalue weighted by molar-refractivity contribution is 0.172. The Morgan fingerprint density at radius 3 is 2.05 bits per heavy atom. The second-order valence-corrected chi connectivity index (χ2v) is 14.3. The van der Waals surface area contributed by atoms with Crippen molar-refractivity contribution in [3.8, 4) is 0 Å². The first-order valence-corrected chi connectivity index (χ1v) is 12.0. The van der Waals surface area contributed by atoms with Crippen molar-refractivity contribution in [2.75, 3.05) is 6.26 Å². The molecule has 0 radical (unpaired) electrons. The molecule has 0 aliphatic rings. The first-order chi connectivity index (χ1) is 9.75. The molecule has 0 fully saturated rings. The molecule has 0 unspecified atom stereocenters. The molecule has 1 aromatic heterocycles. The first-order valence-electron chi connectivity index (χ1n) is 7.10. The largest absolute Gasteiger partial charge is 0.405 e. The molecule has 2 atom stereocenters. The van der Waals surface area contributed by atoms with Crippen LogP contribution in [0.2, 0.25) is 18.1 Å². The Hall–Kier alpha value is -0.863. The molecule has 126 valence electrons. The van der Waals surface area contributed by atoms with Gasteiger partial charge >= 0.3 is 0 Å². The summed E-state index contributed by atoms with van der Waals surface area (Å²) >= 11 is 0. The van der Waals surface area contributed by atoms with Crippen LogP contribution in [0.25, 0.3) is 0 Å². The van der Waals surface area contributed by atoms with Crippen LogP contribution in [0.3, 0.4) is 0 Å². The lowest BCUT2D eigenvalue weighted by Gasteiger charge is -2.40. The van der Waals surface area contributed by atoms with E-state index in [4.69, 9.17) is 4.43 Å². The van der Waals surface area contributed by atoms with Gasteiger partial charge in [-0.1, -0.05) is 20.8 Å². The summed E-state index contributed by atoms with van der Waals surface area (Å²) in [5.74, 6) is -0.369. The predicted octanol–water partition coefficient (Wildman–Crippen LogP) is 3.11. The Kier molecular flexibility index (Phi) is 5.52. The number of hydrogen-bond acceptors (Lipinski definition) is 5. The summed E-state index contributed by atoms with van der Waals surface area (Å²) < 4.78 is 43.2. The van der Waals surface area contributed by atoms with Gasteiger partial charge in [0.25, 0.3) is 0 Å². The minimum Gasteiger partial charge on any atom is -0.405 e. The highest BCUT2D eigenvalue weighted by Crippen LogP contribution is 2.40. The quantitative estimate of drug-likeness (QED) is 0.765. The normalized spacial score (nSPS) is 16.4. The van der Waals surface area contributed by atoms with Gasteiger partial charge in [0.05, 0.1) is 17.6 Å². The van der Waals surface area contributed by atoms with E-state index in [1.54, 1.807) is 6.92 Å². The Labute approximate surface area is 133 Å². The highest BCUT2D eigenvalue weighted by Gasteiger charge is 2.43. The maximum atomic E-state index is 13.0. The maximum Gasteiger partial charge on any atom is 0.193 e. The van der Waals surface area contributed by atoms with Gasteiger partial charge in [-0.2, -0.15) is 0 Å². The molecule has 8 heteroatoms. The third-order valence-electron chi connectivity index (χ3n) is 4.22. The molecule has 0 spiro atoms. The zero-order valence-corrected chi connectivity index (χ0v) is 16.0. The number of halogens is 1. The van der Waals surface area contributed by atoms with E-state index in [2.05, 4.69) is 30.7 Å². The van der Waals surface area contributed by atoms with E-state index in [-0.39, 0.29) is 10.9 Å². The van der Waals surface area contributed by atoms with Gasteiger partial charge < -0.3 is 4.43 Å². The lowest BCUT2D eigenvalue weighted by atomic mass is 10.2. The van der Waals surface area contributed by atoms with Crippen molar-refractivity contribution in [1.29, 1.82) is 0 Å². The Morgan fingerprint density at radius 1 is 1.23 bits per heavy atom. The summed E-state index contributed by atoms with van der Waals surface area (Å²) in [6.45, 7) is 11.8. The smallest absolute Gasteiger partial charge is 0.193 e. The highest BCUT2D eigenvalue weighted by molar-refractivity contribution is 7.91. The van der Waals surface area contributed by atoms with Crippen LogP contribution in [0.15, 0.2) is 12.4 Å². The van der Waals surface area contributed by atoms with E-state index in [0.717, 1.165) is 18.6 Å². The third kappa shape index (κ3) is 4.56. The van der Waals surface area contributed by atoms with Crippen molar-refractivity contribution in [2.45, 2.75) is 57.2 Å². The van der Waals surface area contributed by atoms with Crippen molar-refractivity contribution in [3.63, 3.8) is 0 Å². The molecule has 0 N–H and O–H groups in total. The predicted molar refractivity (Wildman–Crippen MR) is 87.3 cm³/mol. The van der Waals surface area contributed by atoms with E-state index in [9.17, 15) is 12.8 Å². The molecular weight excluding hydrogens is 323 g/mol. The van der Waals surface area contributed by atoms with Gasteiger partial charge in [-0.25, -0.2) is 22.8 Å². The molecule has 1 rings (SSSR count). The van der Waals surface area contributed by atoms with Crippen LogP contribution >= 0.6 is 0 Å². The molecule has 0 amide bonds. The van der Waals surface area contributed by atoms with Gasteiger partial charge in [0.1, 0.15) is 6.10 Å². The van der Waals surface area contributed by atoms with Crippen LogP contribution in [0.4, 0.5) is 4.39 Å². The molecule has 1 heterocycles. The van der Waals surface area contributed by atoms with E-state index < -0.39 is 35.3 Å². The fraction of sp³-hybridized carbons (Fsp3) is 0.714. The number of hydrogen-bond donors (Lipinski definition) is 0. The molecule has 5 nitrogen and oxygen atoms in total. The Bertz CT molecular complexity index is 612. The van der Waals surface area contributed by atoms with E-state index in [0.29, 0.717) is 0 Å². The first kappa shape index (κ1) is 19.2. The lowest BCUT2D eigenvalue weighted by Crippen LogP contribution is -2.45. The van der Waals surface area contributed by atoms with Crippen LogP contribution in [0.5, 0.6) is 0 Å². The topological polar surface area (TPSA) is 69.2 Å². The van der Waals surface area contributed by atoms with Crippen molar-refractivity contribution in [1.82, 2.24) is 9.97 Å². The van der Waals surface area contributed by atoms with Crippen LogP contribution in [-0.4, -0.2) is 38.2 Å². The third-order valence-corrected chi connectivity index (χ3v) is 10.3. The van der Waals surface area contributed by atoms with Gasteiger partial charge in [0.15, 0.2) is 29.8 Å². The van der Waals surface area contributed by atoms with Gasteiger partial charge in [-0.15, -0.1) is 0 Å². The summed E-state index contributed by atoms with van der Waals surface area (Å²) in [4.78, 5) is 7.85. The zero-order valence-electron chi connectivity index (χ0n) is 14.2. The Morgan fingerprint density at radius 2 is 1.68 bits per heavy atom. The monoisotopic (exact) mass is 348 g/mol. The van der Waals surface area contributed by atoms with Crippen molar-refractivity contribution in [3.05, 3.63) is 24.0 Å². The second kappa shape index (κ2) is 6.33. The molecule has 0 aliphatic carbocycles. The molecule has 22 heavy (non-hydrogen) atoms.